The number of hydrogen-bond donors (Lipinski definition) is 0. The van der Waals surface area contributed by atoms with E-state index >= 15 is 0 Å². The Morgan fingerprint density at radius 1 is 1.57 bits per heavy atom. The van der Waals surface area contributed by atoms with E-state index in [1.54, 1.807) is 0 Å². The summed E-state index contributed by atoms with van der Waals surface area (Å²) in [6.45, 7) is 8.27. The van der Waals surface area contributed by atoms with E-state index in [0.29, 0.717) is 0 Å². The molecule has 0 amide bonds. The van der Waals surface area contributed by atoms with Gasteiger partial charge < -0.3 is 0 Å². The highest BCUT2D eigenvalue weighted by Crippen LogP contribution is 2.06. The van der Waals surface area contributed by atoms with E-state index in [9.17, 15) is 0 Å². The molecule has 0 spiro atoms. The Balaban J connectivity index is 2.83. The summed E-state index contributed by atoms with van der Waals surface area (Å²) in [7, 11) is 0. The van der Waals surface area contributed by atoms with E-state index in [1.807, 2.05) is 0 Å². The Bertz CT molecular complexity index is 31.0. The lowest BCUT2D eigenvalue weighted by Crippen LogP contribution is -1.88. The van der Waals surface area contributed by atoms with E-state index in [-0.39, 0.29) is 0 Å². The summed E-state index contributed by atoms with van der Waals surface area (Å²) in [4.78, 5) is 0. The van der Waals surface area contributed by atoms with Gasteiger partial charge in [-0.2, -0.15) is 0 Å². The lowest BCUT2D eigenvalue weighted by molar-refractivity contribution is 0.530. The van der Waals surface area contributed by atoms with Crippen LogP contribution in [0.2, 0.25) is 0 Å². The van der Waals surface area contributed by atoms with Crippen LogP contribution in [0.25, 0.3) is 0 Å². The first-order valence-corrected chi connectivity index (χ1v) is 3.10. The molecule has 0 aromatic carbocycles. The van der Waals surface area contributed by atoms with Crippen molar-refractivity contribution in [3.63, 3.8) is 0 Å². The maximum atomic E-state index is 3.80. The van der Waals surface area contributed by atoms with E-state index < -0.39 is 0 Å². The van der Waals surface area contributed by atoms with Gasteiger partial charge in [-0.25, -0.2) is 0 Å². The maximum Gasteiger partial charge on any atom is -0.0443 e. The zero-order valence-electron chi connectivity index (χ0n) is 5.41. The quantitative estimate of drug-likeness (QED) is 0.510. The van der Waals surface area contributed by atoms with Gasteiger partial charge in [0.2, 0.25) is 0 Å². The fourth-order valence-electron chi connectivity index (χ4n) is 0.637. The fraction of sp³-hybridized carbons (Fsp3) is 0.857. The number of hydrogen-bond acceptors (Lipinski definition) is 0. The summed E-state index contributed by atoms with van der Waals surface area (Å²) in [5, 5.41) is 0. The van der Waals surface area contributed by atoms with Crippen LogP contribution in [0.1, 0.15) is 33.1 Å². The van der Waals surface area contributed by atoms with Crippen LogP contribution in [-0.4, -0.2) is 0 Å². The number of rotatable bonds is 3. The van der Waals surface area contributed by atoms with E-state index in [2.05, 4.69) is 20.8 Å². The van der Waals surface area contributed by atoms with Crippen molar-refractivity contribution in [1.82, 2.24) is 0 Å². The van der Waals surface area contributed by atoms with Crippen molar-refractivity contribution < 1.29 is 0 Å². The molecule has 0 aliphatic carbocycles. The van der Waals surface area contributed by atoms with Gasteiger partial charge in [0.25, 0.3) is 0 Å². The summed E-state index contributed by atoms with van der Waals surface area (Å²) in [6.07, 6.45) is 3.73. The fourth-order valence-corrected chi connectivity index (χ4v) is 0.637. The molecule has 0 aromatic heterocycles. The van der Waals surface area contributed by atoms with Crippen LogP contribution in [0.15, 0.2) is 0 Å². The molecule has 7 heavy (non-hydrogen) atoms. The molecule has 0 heteroatoms. The molecule has 0 bridgehead atoms. The first-order valence-electron chi connectivity index (χ1n) is 3.10. The van der Waals surface area contributed by atoms with Crippen LogP contribution < -0.4 is 0 Å². The summed E-state index contributed by atoms with van der Waals surface area (Å²) in [5.74, 6) is 0.838. The molecular weight excluding hydrogens is 84.1 g/mol. The van der Waals surface area contributed by atoms with Crippen LogP contribution in [0.3, 0.4) is 0 Å². The van der Waals surface area contributed by atoms with Crippen molar-refractivity contribution in [3.05, 3.63) is 6.92 Å². The van der Waals surface area contributed by atoms with E-state index in [4.69, 9.17) is 0 Å². The van der Waals surface area contributed by atoms with Crippen molar-refractivity contribution in [2.45, 2.75) is 33.1 Å². The standard InChI is InChI=1S/C7H15/c1-4-6-7(3)5-2/h7H,2,4-6H2,1,3H3. The van der Waals surface area contributed by atoms with Gasteiger partial charge in [0.15, 0.2) is 0 Å². The third-order valence-electron chi connectivity index (χ3n) is 1.27. The van der Waals surface area contributed by atoms with Crippen molar-refractivity contribution >= 4 is 0 Å². The molecule has 0 nitrogen and oxygen atoms in total. The molecule has 0 saturated carbocycles. The second kappa shape index (κ2) is 4.17. The Labute approximate surface area is 46.9 Å². The highest BCUT2D eigenvalue weighted by molar-refractivity contribution is 4.51. The van der Waals surface area contributed by atoms with E-state index in [1.165, 1.54) is 12.8 Å². The molecule has 0 N–H and O–H groups in total. The van der Waals surface area contributed by atoms with Crippen molar-refractivity contribution in [3.8, 4) is 0 Å². The predicted molar refractivity (Wildman–Crippen MR) is 34.0 cm³/mol. The average Bonchev–Trinajstić information content (AvgIpc) is 1.68. The molecule has 0 heterocycles. The molecule has 1 radical (unpaired) electrons. The zero-order valence-corrected chi connectivity index (χ0v) is 5.41. The largest absolute Gasteiger partial charge is 0.0654 e. The molecule has 1 unspecified atom stereocenters. The maximum absolute atomic E-state index is 3.80. The van der Waals surface area contributed by atoms with Crippen molar-refractivity contribution in [2.24, 2.45) is 5.92 Å². The summed E-state index contributed by atoms with van der Waals surface area (Å²) in [6, 6.07) is 0. The van der Waals surface area contributed by atoms with Crippen LogP contribution in [0, 0.1) is 12.8 Å². The van der Waals surface area contributed by atoms with Crippen LogP contribution in [-0.2, 0) is 0 Å². The van der Waals surface area contributed by atoms with Gasteiger partial charge >= 0.3 is 0 Å². The Morgan fingerprint density at radius 2 is 2.14 bits per heavy atom. The van der Waals surface area contributed by atoms with Crippen LogP contribution in [0.5, 0.6) is 0 Å². The average molecular weight is 99.2 g/mol. The molecule has 1 atom stereocenters. The van der Waals surface area contributed by atoms with Crippen LogP contribution >= 0.6 is 0 Å². The van der Waals surface area contributed by atoms with Gasteiger partial charge in [-0.05, 0) is 5.92 Å². The van der Waals surface area contributed by atoms with Gasteiger partial charge in [-0.15, -0.1) is 0 Å². The minimum absolute atomic E-state index is 0.838. The Morgan fingerprint density at radius 3 is 2.29 bits per heavy atom. The third kappa shape index (κ3) is 3.84. The third-order valence-corrected chi connectivity index (χ3v) is 1.27. The van der Waals surface area contributed by atoms with Gasteiger partial charge in [-0.3, -0.25) is 0 Å². The van der Waals surface area contributed by atoms with Gasteiger partial charge in [0.05, 0.1) is 0 Å². The predicted octanol–water partition coefficient (Wildman–Crippen LogP) is 2.65. The lowest BCUT2D eigenvalue weighted by Gasteiger charge is -2.02. The topological polar surface area (TPSA) is 0 Å². The molecule has 43 valence electrons. The summed E-state index contributed by atoms with van der Waals surface area (Å²) in [5.41, 5.74) is 0. The van der Waals surface area contributed by atoms with Crippen LogP contribution in [0.4, 0.5) is 0 Å². The molecule has 0 fully saturated rings. The smallest absolute Gasteiger partial charge is 0.0443 e. The normalized spacial score (nSPS) is 14.1. The minimum Gasteiger partial charge on any atom is -0.0654 e. The second-order valence-corrected chi connectivity index (χ2v) is 2.18. The Kier molecular flexibility index (Phi) is 4.17. The summed E-state index contributed by atoms with van der Waals surface area (Å²) >= 11 is 0. The van der Waals surface area contributed by atoms with Crippen molar-refractivity contribution in [1.29, 1.82) is 0 Å². The monoisotopic (exact) mass is 99.1 g/mol. The highest BCUT2D eigenvalue weighted by Gasteiger charge is 1.92. The van der Waals surface area contributed by atoms with Crippen molar-refractivity contribution in [2.75, 3.05) is 0 Å². The molecule has 0 rings (SSSR count). The highest BCUT2D eigenvalue weighted by atomic mass is 14.0. The molecular formula is C7H15. The molecule has 0 aromatic rings. The molecule has 0 aliphatic rings. The first kappa shape index (κ1) is 7.00. The minimum atomic E-state index is 0.838. The van der Waals surface area contributed by atoms with Gasteiger partial charge in [0, 0.05) is 0 Å². The molecule has 0 saturated heterocycles. The van der Waals surface area contributed by atoms with Gasteiger partial charge in [-0.1, -0.05) is 40.0 Å². The first-order chi connectivity index (χ1) is 3.31. The van der Waals surface area contributed by atoms with Gasteiger partial charge in [0.1, 0.15) is 0 Å². The molecule has 0 aliphatic heterocycles. The second-order valence-electron chi connectivity index (χ2n) is 2.18. The zero-order chi connectivity index (χ0) is 5.70. The SMILES string of the molecule is [CH2]CC(C)CCC. The Hall–Kier alpha value is 0. The lowest BCUT2D eigenvalue weighted by atomic mass is 10.0. The summed E-state index contributed by atoms with van der Waals surface area (Å²) < 4.78 is 0. The van der Waals surface area contributed by atoms with E-state index in [0.717, 1.165) is 12.3 Å².